The number of hydrogen-bond donors (Lipinski definition) is 2. The van der Waals surface area contributed by atoms with Crippen molar-refractivity contribution in [2.45, 2.75) is 32.3 Å². The van der Waals surface area contributed by atoms with Crippen LogP contribution in [0.5, 0.6) is 0 Å². The Morgan fingerprint density at radius 3 is 2.77 bits per heavy atom. The Balaban J connectivity index is 1.81. The summed E-state index contributed by atoms with van der Waals surface area (Å²) in [6.45, 7) is 3.59. The van der Waals surface area contributed by atoms with Crippen molar-refractivity contribution in [3.05, 3.63) is 29.3 Å². The minimum absolute atomic E-state index is 0.152. The molecule has 1 aromatic carbocycles. The summed E-state index contributed by atoms with van der Waals surface area (Å²) in [6, 6.07) is 4.66. The van der Waals surface area contributed by atoms with E-state index in [2.05, 4.69) is 5.32 Å². The second kappa shape index (κ2) is 7.91. The topological polar surface area (TPSA) is 84.9 Å². The number of aryl methyl sites for hydroxylation is 1. The summed E-state index contributed by atoms with van der Waals surface area (Å²) in [5.74, 6) is -1.20. The van der Waals surface area contributed by atoms with E-state index >= 15 is 0 Å². The van der Waals surface area contributed by atoms with Crippen LogP contribution in [0.3, 0.4) is 0 Å². The molecule has 0 atom stereocenters. The molecule has 1 aliphatic heterocycles. The summed E-state index contributed by atoms with van der Waals surface area (Å²) < 4.78 is 10.9. The van der Waals surface area contributed by atoms with Crippen LogP contribution in [-0.4, -0.2) is 42.9 Å². The predicted molar refractivity (Wildman–Crippen MR) is 81.2 cm³/mol. The van der Waals surface area contributed by atoms with Gasteiger partial charge in [0.15, 0.2) is 0 Å². The summed E-state index contributed by atoms with van der Waals surface area (Å²) in [7, 11) is 0. The molecule has 0 saturated carbocycles. The molecule has 2 rings (SSSR count). The largest absolute Gasteiger partial charge is 0.478 e. The van der Waals surface area contributed by atoms with E-state index in [4.69, 9.17) is 14.6 Å². The Morgan fingerprint density at radius 1 is 1.36 bits per heavy atom. The van der Waals surface area contributed by atoms with Crippen molar-refractivity contribution in [3.63, 3.8) is 0 Å². The third-order valence-electron chi connectivity index (χ3n) is 3.61. The SMILES string of the molecule is Cc1ccc(C(=O)O)cc1NC(=O)CCOC1CCOCC1. The maximum Gasteiger partial charge on any atom is 0.335 e. The smallest absolute Gasteiger partial charge is 0.335 e. The minimum atomic E-state index is -1.02. The van der Waals surface area contributed by atoms with Gasteiger partial charge >= 0.3 is 5.97 Å². The lowest BCUT2D eigenvalue weighted by molar-refractivity contribution is -0.118. The third kappa shape index (κ3) is 4.82. The van der Waals surface area contributed by atoms with Crippen molar-refractivity contribution in [2.24, 2.45) is 0 Å². The molecular formula is C16H21NO5. The zero-order valence-electron chi connectivity index (χ0n) is 12.6. The standard InChI is InChI=1S/C16H21NO5/c1-11-2-3-12(16(19)20)10-14(11)17-15(18)6-9-22-13-4-7-21-8-5-13/h2-3,10,13H,4-9H2,1H3,(H,17,18)(H,19,20). The lowest BCUT2D eigenvalue weighted by atomic mass is 10.1. The molecule has 1 aromatic rings. The molecule has 1 amide bonds. The van der Waals surface area contributed by atoms with Gasteiger partial charge in [0.2, 0.25) is 5.91 Å². The van der Waals surface area contributed by atoms with Crippen LogP contribution in [-0.2, 0) is 14.3 Å². The van der Waals surface area contributed by atoms with E-state index in [1.165, 1.54) is 12.1 Å². The van der Waals surface area contributed by atoms with Gasteiger partial charge in [-0.2, -0.15) is 0 Å². The highest BCUT2D eigenvalue weighted by molar-refractivity contribution is 5.94. The van der Waals surface area contributed by atoms with Crippen LogP contribution in [0.25, 0.3) is 0 Å². The van der Waals surface area contributed by atoms with Gasteiger partial charge in [0.05, 0.1) is 24.7 Å². The molecule has 1 aliphatic rings. The van der Waals surface area contributed by atoms with E-state index < -0.39 is 5.97 Å². The molecule has 1 saturated heterocycles. The highest BCUT2D eigenvalue weighted by Crippen LogP contribution is 2.17. The van der Waals surface area contributed by atoms with E-state index in [0.717, 1.165) is 18.4 Å². The maximum atomic E-state index is 11.9. The van der Waals surface area contributed by atoms with Gasteiger partial charge in [0.1, 0.15) is 0 Å². The number of benzene rings is 1. The Hall–Kier alpha value is -1.92. The number of carboxylic acid groups (broad SMARTS) is 1. The highest BCUT2D eigenvalue weighted by atomic mass is 16.5. The van der Waals surface area contributed by atoms with Gasteiger partial charge in [-0.15, -0.1) is 0 Å². The van der Waals surface area contributed by atoms with Gasteiger partial charge in [-0.25, -0.2) is 4.79 Å². The first-order valence-electron chi connectivity index (χ1n) is 7.39. The maximum absolute atomic E-state index is 11.9. The molecule has 0 bridgehead atoms. The van der Waals surface area contributed by atoms with Gasteiger partial charge in [-0.1, -0.05) is 6.07 Å². The zero-order valence-corrected chi connectivity index (χ0v) is 12.6. The molecule has 0 unspecified atom stereocenters. The van der Waals surface area contributed by atoms with Crippen LogP contribution in [0.1, 0.15) is 35.2 Å². The summed E-state index contributed by atoms with van der Waals surface area (Å²) in [5.41, 5.74) is 1.50. The molecule has 6 nitrogen and oxygen atoms in total. The van der Waals surface area contributed by atoms with Crippen molar-refractivity contribution in [2.75, 3.05) is 25.1 Å². The van der Waals surface area contributed by atoms with Gasteiger partial charge in [-0.05, 0) is 37.5 Å². The fourth-order valence-electron chi connectivity index (χ4n) is 2.26. The minimum Gasteiger partial charge on any atom is -0.478 e. The summed E-state index contributed by atoms with van der Waals surface area (Å²) in [5, 5.41) is 11.7. The first-order chi connectivity index (χ1) is 10.6. The van der Waals surface area contributed by atoms with E-state index in [-0.39, 0.29) is 24.0 Å². The van der Waals surface area contributed by atoms with Crippen LogP contribution >= 0.6 is 0 Å². The molecule has 22 heavy (non-hydrogen) atoms. The lowest BCUT2D eigenvalue weighted by Crippen LogP contribution is -2.25. The number of ether oxygens (including phenoxy) is 2. The first-order valence-corrected chi connectivity index (χ1v) is 7.39. The molecule has 0 spiro atoms. The summed E-state index contributed by atoms with van der Waals surface area (Å²) >= 11 is 0. The number of anilines is 1. The molecule has 0 aliphatic carbocycles. The lowest BCUT2D eigenvalue weighted by Gasteiger charge is -2.22. The second-order valence-electron chi connectivity index (χ2n) is 5.32. The first kappa shape index (κ1) is 16.5. The Labute approximate surface area is 129 Å². The van der Waals surface area contributed by atoms with Gasteiger partial charge in [0.25, 0.3) is 0 Å². The number of rotatable bonds is 6. The molecule has 120 valence electrons. The highest BCUT2D eigenvalue weighted by Gasteiger charge is 2.15. The average molecular weight is 307 g/mol. The zero-order chi connectivity index (χ0) is 15.9. The monoisotopic (exact) mass is 307 g/mol. The fraction of sp³-hybridized carbons (Fsp3) is 0.500. The number of nitrogens with one attached hydrogen (secondary N) is 1. The van der Waals surface area contributed by atoms with E-state index in [1.54, 1.807) is 6.07 Å². The predicted octanol–water partition coefficient (Wildman–Crippen LogP) is 2.22. The molecule has 2 N–H and O–H groups in total. The van der Waals surface area contributed by atoms with Crippen LogP contribution < -0.4 is 5.32 Å². The van der Waals surface area contributed by atoms with Crippen LogP contribution in [0.4, 0.5) is 5.69 Å². The number of amides is 1. The normalized spacial score (nSPS) is 15.5. The van der Waals surface area contributed by atoms with E-state index in [0.29, 0.717) is 25.5 Å². The summed E-state index contributed by atoms with van der Waals surface area (Å²) in [6.07, 6.45) is 2.13. The van der Waals surface area contributed by atoms with Crippen molar-refractivity contribution >= 4 is 17.6 Å². The quantitative estimate of drug-likeness (QED) is 0.841. The van der Waals surface area contributed by atoms with Crippen LogP contribution in [0.2, 0.25) is 0 Å². The van der Waals surface area contributed by atoms with E-state index in [1.807, 2.05) is 6.92 Å². The fourth-order valence-corrected chi connectivity index (χ4v) is 2.26. The van der Waals surface area contributed by atoms with E-state index in [9.17, 15) is 9.59 Å². The van der Waals surface area contributed by atoms with Crippen molar-refractivity contribution in [1.82, 2.24) is 0 Å². The molecule has 6 heteroatoms. The molecule has 0 aromatic heterocycles. The Bertz CT molecular complexity index is 537. The second-order valence-corrected chi connectivity index (χ2v) is 5.32. The Morgan fingerprint density at radius 2 is 2.09 bits per heavy atom. The summed E-state index contributed by atoms with van der Waals surface area (Å²) in [4.78, 5) is 22.9. The molecular weight excluding hydrogens is 286 g/mol. The van der Waals surface area contributed by atoms with Crippen molar-refractivity contribution in [3.8, 4) is 0 Å². The third-order valence-corrected chi connectivity index (χ3v) is 3.61. The van der Waals surface area contributed by atoms with Crippen LogP contribution in [0.15, 0.2) is 18.2 Å². The van der Waals surface area contributed by atoms with Gasteiger partial charge < -0.3 is 19.9 Å². The van der Waals surface area contributed by atoms with Gasteiger partial charge in [0, 0.05) is 18.9 Å². The Kier molecular flexibility index (Phi) is 5.91. The van der Waals surface area contributed by atoms with Crippen LogP contribution in [0, 0.1) is 6.92 Å². The van der Waals surface area contributed by atoms with Gasteiger partial charge in [-0.3, -0.25) is 4.79 Å². The average Bonchev–Trinajstić information content (AvgIpc) is 2.50. The number of carbonyl (C=O) groups is 2. The van der Waals surface area contributed by atoms with Crippen molar-refractivity contribution in [1.29, 1.82) is 0 Å². The van der Waals surface area contributed by atoms with Crippen molar-refractivity contribution < 1.29 is 24.2 Å². The number of hydrogen-bond acceptors (Lipinski definition) is 4. The molecule has 1 fully saturated rings. The number of carbonyl (C=O) groups excluding carboxylic acids is 1. The molecule has 0 radical (unpaired) electrons. The number of aromatic carboxylic acids is 1. The number of carboxylic acids is 1. The molecule has 1 heterocycles.